The molecule has 0 aliphatic heterocycles. The number of nitro benzene ring substituents is 1. The van der Waals surface area contributed by atoms with Crippen molar-refractivity contribution in [3.05, 3.63) is 56.4 Å². The van der Waals surface area contributed by atoms with Crippen LogP contribution < -0.4 is 16.6 Å². The quantitative estimate of drug-likeness (QED) is 0.423. The molecule has 20 heavy (non-hydrogen) atoms. The van der Waals surface area contributed by atoms with Crippen LogP contribution in [0, 0.1) is 10.1 Å². The number of aromatic amines is 1. The lowest BCUT2D eigenvalue weighted by Crippen LogP contribution is -2.17. The molecule has 4 N–H and O–H groups in total. The summed E-state index contributed by atoms with van der Waals surface area (Å²) in [7, 11) is 0. The Morgan fingerprint density at radius 3 is 2.70 bits per heavy atom. The number of benzene rings is 1. The van der Waals surface area contributed by atoms with E-state index in [1.165, 1.54) is 24.3 Å². The molecule has 102 valence electrons. The van der Waals surface area contributed by atoms with Crippen molar-refractivity contribution in [2.45, 2.75) is 0 Å². The van der Waals surface area contributed by atoms with Gasteiger partial charge in [-0.15, -0.1) is 0 Å². The van der Waals surface area contributed by atoms with Gasteiger partial charge >= 0.3 is 0 Å². The Morgan fingerprint density at radius 1 is 1.35 bits per heavy atom. The van der Waals surface area contributed by atoms with Crippen molar-refractivity contribution in [3.8, 4) is 0 Å². The van der Waals surface area contributed by atoms with Crippen molar-refractivity contribution in [1.29, 1.82) is 0 Å². The van der Waals surface area contributed by atoms with E-state index in [4.69, 9.17) is 5.73 Å². The summed E-state index contributed by atoms with van der Waals surface area (Å²) in [6, 6.07) is 6.01. The average Bonchev–Trinajstić information content (AvgIpc) is 2.41. The summed E-state index contributed by atoms with van der Waals surface area (Å²) in [6.07, 6.45) is 0. The van der Waals surface area contributed by atoms with E-state index in [9.17, 15) is 19.7 Å². The molecule has 1 amide bonds. The second-order valence-electron chi connectivity index (χ2n) is 3.79. The van der Waals surface area contributed by atoms with Crippen LogP contribution in [-0.4, -0.2) is 21.0 Å². The lowest BCUT2D eigenvalue weighted by atomic mass is 10.1. The lowest BCUT2D eigenvalue weighted by Gasteiger charge is -2.06. The highest BCUT2D eigenvalue weighted by molar-refractivity contribution is 6.07. The number of hydrogen-bond donors (Lipinski definition) is 3. The summed E-state index contributed by atoms with van der Waals surface area (Å²) in [5.74, 6) is -0.564. The molecule has 1 aromatic heterocycles. The number of hydrogen-bond acceptors (Lipinski definition) is 6. The van der Waals surface area contributed by atoms with Crippen molar-refractivity contribution in [1.82, 2.24) is 10.2 Å². The SMILES string of the molecule is Nc1ccc([N+](=O)[O-])cc1C(=O)Nc1ccc(=O)[nH]n1. The number of aromatic nitrogens is 2. The van der Waals surface area contributed by atoms with Gasteiger partial charge in [0.05, 0.1) is 10.5 Å². The predicted molar refractivity (Wildman–Crippen MR) is 70.3 cm³/mol. The normalized spacial score (nSPS) is 10.0. The van der Waals surface area contributed by atoms with Gasteiger partial charge in [0, 0.05) is 23.9 Å². The van der Waals surface area contributed by atoms with Crippen LogP contribution in [0.5, 0.6) is 0 Å². The molecule has 2 aromatic rings. The van der Waals surface area contributed by atoms with Gasteiger partial charge in [0.25, 0.3) is 17.2 Å². The first kappa shape index (κ1) is 13.2. The molecule has 0 aliphatic rings. The number of nitro groups is 1. The molecular weight excluding hydrogens is 266 g/mol. The predicted octanol–water partition coefficient (Wildman–Crippen LogP) is 0.513. The third-order valence-corrected chi connectivity index (χ3v) is 2.41. The van der Waals surface area contributed by atoms with Gasteiger partial charge in [-0.1, -0.05) is 0 Å². The number of nitrogens with two attached hydrogens (primary N) is 1. The van der Waals surface area contributed by atoms with Crippen LogP contribution in [0.15, 0.2) is 35.1 Å². The summed E-state index contributed by atoms with van der Waals surface area (Å²) in [4.78, 5) is 32.8. The Labute approximate surface area is 111 Å². The Morgan fingerprint density at radius 2 is 2.10 bits per heavy atom. The minimum Gasteiger partial charge on any atom is -0.398 e. The second kappa shape index (κ2) is 5.18. The summed E-state index contributed by atoms with van der Waals surface area (Å²) < 4.78 is 0. The number of carbonyl (C=O) groups excluding carboxylic acids is 1. The maximum atomic E-state index is 11.9. The molecule has 0 saturated carbocycles. The maximum absolute atomic E-state index is 11.9. The Balaban J connectivity index is 2.28. The number of amides is 1. The highest BCUT2D eigenvalue weighted by atomic mass is 16.6. The molecule has 0 unspecified atom stereocenters. The number of nitrogen functional groups attached to an aromatic ring is 1. The first-order chi connectivity index (χ1) is 9.47. The standard InChI is InChI=1S/C11H9N5O4/c12-8-2-1-6(16(19)20)5-7(8)11(18)13-9-3-4-10(17)15-14-9/h1-5H,12H2,(H,15,17)(H,13,14,18). The smallest absolute Gasteiger partial charge is 0.270 e. The van der Waals surface area contributed by atoms with Gasteiger partial charge in [0.1, 0.15) is 0 Å². The molecule has 0 saturated heterocycles. The Hall–Kier alpha value is -3.23. The molecule has 9 heteroatoms. The summed E-state index contributed by atoms with van der Waals surface area (Å²) in [5.41, 5.74) is 4.98. The van der Waals surface area contributed by atoms with E-state index in [1.807, 2.05) is 0 Å². The first-order valence-corrected chi connectivity index (χ1v) is 5.38. The van der Waals surface area contributed by atoms with E-state index >= 15 is 0 Å². The number of nitrogens with one attached hydrogen (secondary N) is 2. The fraction of sp³-hybridized carbons (Fsp3) is 0. The van der Waals surface area contributed by atoms with E-state index < -0.39 is 16.4 Å². The van der Waals surface area contributed by atoms with Gasteiger partial charge in [-0.3, -0.25) is 19.7 Å². The summed E-state index contributed by atoms with van der Waals surface area (Å²) >= 11 is 0. The van der Waals surface area contributed by atoms with Gasteiger partial charge < -0.3 is 11.1 Å². The van der Waals surface area contributed by atoms with E-state index in [1.54, 1.807) is 0 Å². The van der Waals surface area contributed by atoms with Crippen molar-refractivity contribution < 1.29 is 9.72 Å². The molecule has 2 rings (SSSR count). The van der Waals surface area contributed by atoms with E-state index in [0.717, 1.165) is 6.07 Å². The van der Waals surface area contributed by atoms with E-state index in [0.29, 0.717) is 0 Å². The summed E-state index contributed by atoms with van der Waals surface area (Å²) in [5, 5.41) is 18.8. The zero-order chi connectivity index (χ0) is 14.7. The maximum Gasteiger partial charge on any atom is 0.270 e. The molecule has 0 atom stereocenters. The fourth-order valence-corrected chi connectivity index (χ4v) is 1.45. The monoisotopic (exact) mass is 275 g/mol. The average molecular weight is 275 g/mol. The van der Waals surface area contributed by atoms with Crippen molar-refractivity contribution in [2.75, 3.05) is 11.1 Å². The van der Waals surface area contributed by atoms with Crippen LogP contribution in [0.25, 0.3) is 0 Å². The van der Waals surface area contributed by atoms with Crippen molar-refractivity contribution in [2.24, 2.45) is 0 Å². The van der Waals surface area contributed by atoms with Crippen LogP contribution in [-0.2, 0) is 0 Å². The number of rotatable bonds is 3. The van der Waals surface area contributed by atoms with Crippen LogP contribution in [0.2, 0.25) is 0 Å². The zero-order valence-electron chi connectivity index (χ0n) is 9.99. The number of H-pyrrole nitrogens is 1. The summed E-state index contributed by atoms with van der Waals surface area (Å²) in [6.45, 7) is 0. The molecule has 0 bridgehead atoms. The van der Waals surface area contributed by atoms with Crippen LogP contribution >= 0.6 is 0 Å². The Kier molecular flexibility index (Phi) is 3.42. The van der Waals surface area contributed by atoms with E-state index in [2.05, 4.69) is 15.5 Å². The molecule has 0 aliphatic carbocycles. The molecule has 9 nitrogen and oxygen atoms in total. The van der Waals surface area contributed by atoms with Gasteiger partial charge in [0.15, 0.2) is 5.82 Å². The van der Waals surface area contributed by atoms with Gasteiger partial charge in [-0.25, -0.2) is 5.10 Å². The first-order valence-electron chi connectivity index (χ1n) is 5.38. The van der Waals surface area contributed by atoms with Crippen LogP contribution in [0.4, 0.5) is 17.2 Å². The van der Waals surface area contributed by atoms with Gasteiger partial charge in [-0.05, 0) is 12.1 Å². The largest absolute Gasteiger partial charge is 0.398 e. The molecule has 0 spiro atoms. The number of carbonyl (C=O) groups is 1. The third-order valence-electron chi connectivity index (χ3n) is 2.41. The minimum absolute atomic E-state index is 0.0489. The molecule has 0 radical (unpaired) electrons. The number of anilines is 2. The lowest BCUT2D eigenvalue weighted by molar-refractivity contribution is -0.384. The van der Waals surface area contributed by atoms with Gasteiger partial charge in [-0.2, -0.15) is 5.10 Å². The molecule has 1 heterocycles. The highest BCUT2D eigenvalue weighted by Gasteiger charge is 2.15. The van der Waals surface area contributed by atoms with Crippen molar-refractivity contribution >= 4 is 23.1 Å². The second-order valence-corrected chi connectivity index (χ2v) is 3.79. The third kappa shape index (κ3) is 2.77. The minimum atomic E-state index is -0.661. The van der Waals surface area contributed by atoms with Gasteiger partial charge in [0.2, 0.25) is 0 Å². The Bertz CT molecular complexity index is 719. The number of nitrogens with zero attached hydrogens (tertiary/aromatic N) is 2. The highest BCUT2D eigenvalue weighted by Crippen LogP contribution is 2.20. The molecular formula is C11H9N5O4. The fourth-order valence-electron chi connectivity index (χ4n) is 1.45. The number of non-ortho nitro benzene ring substituents is 1. The topological polar surface area (TPSA) is 144 Å². The van der Waals surface area contributed by atoms with Crippen LogP contribution in [0.3, 0.4) is 0 Å². The molecule has 0 fully saturated rings. The van der Waals surface area contributed by atoms with Crippen molar-refractivity contribution in [3.63, 3.8) is 0 Å². The van der Waals surface area contributed by atoms with E-state index in [-0.39, 0.29) is 22.8 Å². The zero-order valence-corrected chi connectivity index (χ0v) is 9.99. The van der Waals surface area contributed by atoms with Crippen LogP contribution in [0.1, 0.15) is 10.4 Å². The molecule has 1 aromatic carbocycles.